The molecule has 5 heteroatoms. The molecule has 0 fully saturated rings. The van der Waals surface area contributed by atoms with Crippen LogP contribution >= 0.6 is 0 Å². The van der Waals surface area contributed by atoms with Crippen LogP contribution in [0.4, 0.5) is 5.69 Å². The van der Waals surface area contributed by atoms with Crippen molar-refractivity contribution in [2.45, 2.75) is 13.8 Å². The monoisotopic (exact) mass is 311 g/mol. The fourth-order valence-corrected chi connectivity index (χ4v) is 2.01. The van der Waals surface area contributed by atoms with Gasteiger partial charge in [-0.15, -0.1) is 0 Å². The van der Waals surface area contributed by atoms with Gasteiger partial charge in [0, 0.05) is 0 Å². The molecule has 120 valence electrons. The van der Waals surface area contributed by atoms with E-state index in [9.17, 15) is 4.79 Å². The number of carbonyl (C=O) groups is 1. The van der Waals surface area contributed by atoms with Crippen molar-refractivity contribution in [3.8, 4) is 5.75 Å². The van der Waals surface area contributed by atoms with Crippen LogP contribution in [0, 0.1) is 6.92 Å². The lowest BCUT2D eigenvalue weighted by Crippen LogP contribution is -2.26. The molecular formula is C18H21N3O2. The predicted molar refractivity (Wildman–Crippen MR) is 93.0 cm³/mol. The third-order valence-electron chi connectivity index (χ3n) is 3.36. The van der Waals surface area contributed by atoms with E-state index in [1.165, 1.54) is 5.56 Å². The Morgan fingerprint density at radius 2 is 1.83 bits per heavy atom. The largest absolute Gasteiger partial charge is 0.495 e. The number of nitrogens with zero attached hydrogens (tertiary/aromatic N) is 1. The van der Waals surface area contributed by atoms with Crippen LogP contribution < -0.4 is 15.5 Å². The summed E-state index contributed by atoms with van der Waals surface area (Å²) in [4.78, 5) is 11.9. The highest BCUT2D eigenvalue weighted by Gasteiger charge is 2.04. The minimum atomic E-state index is -0.220. The summed E-state index contributed by atoms with van der Waals surface area (Å²) in [6, 6.07) is 15.4. The van der Waals surface area contributed by atoms with Crippen molar-refractivity contribution in [3.63, 3.8) is 0 Å². The van der Waals surface area contributed by atoms with E-state index in [0.29, 0.717) is 5.75 Å². The number of anilines is 1. The molecule has 2 rings (SSSR count). The van der Waals surface area contributed by atoms with Crippen LogP contribution in [0.5, 0.6) is 5.75 Å². The minimum Gasteiger partial charge on any atom is -0.495 e. The van der Waals surface area contributed by atoms with Crippen molar-refractivity contribution in [3.05, 3.63) is 59.7 Å². The molecule has 0 aliphatic rings. The fraction of sp³-hybridized carbons (Fsp3) is 0.222. The number of carbonyl (C=O) groups excluding carboxylic acids is 1. The number of nitrogens with one attached hydrogen (secondary N) is 2. The van der Waals surface area contributed by atoms with Gasteiger partial charge in [0.2, 0.25) is 0 Å². The number of hydrogen-bond donors (Lipinski definition) is 2. The van der Waals surface area contributed by atoms with E-state index < -0.39 is 0 Å². The molecule has 0 unspecified atom stereocenters. The summed E-state index contributed by atoms with van der Waals surface area (Å²) in [6.45, 7) is 4.01. The number of aryl methyl sites for hydroxylation is 1. The first-order chi connectivity index (χ1) is 11.1. The molecule has 0 atom stereocenters. The van der Waals surface area contributed by atoms with Gasteiger partial charge in [-0.25, -0.2) is 5.43 Å². The number of hydrazone groups is 1. The second-order valence-electron chi connectivity index (χ2n) is 5.15. The summed E-state index contributed by atoms with van der Waals surface area (Å²) < 4.78 is 5.22. The van der Waals surface area contributed by atoms with E-state index in [0.717, 1.165) is 17.0 Å². The summed E-state index contributed by atoms with van der Waals surface area (Å²) >= 11 is 0. The van der Waals surface area contributed by atoms with Gasteiger partial charge in [0.1, 0.15) is 5.75 Å². The first kappa shape index (κ1) is 16.5. The van der Waals surface area contributed by atoms with Gasteiger partial charge in [0.05, 0.1) is 25.1 Å². The molecule has 0 bridgehead atoms. The van der Waals surface area contributed by atoms with Gasteiger partial charge in [0.15, 0.2) is 0 Å². The molecule has 23 heavy (non-hydrogen) atoms. The normalized spacial score (nSPS) is 11.0. The Bertz CT molecular complexity index is 694. The fourth-order valence-electron chi connectivity index (χ4n) is 2.01. The maximum atomic E-state index is 11.9. The lowest BCUT2D eigenvalue weighted by molar-refractivity contribution is -0.119. The number of para-hydroxylation sites is 2. The minimum absolute atomic E-state index is 0.116. The second kappa shape index (κ2) is 7.98. The van der Waals surface area contributed by atoms with Crippen LogP contribution in [-0.4, -0.2) is 25.3 Å². The molecule has 0 aliphatic carbocycles. The molecule has 2 aromatic carbocycles. The van der Waals surface area contributed by atoms with Crippen LogP contribution in [0.3, 0.4) is 0 Å². The Kier molecular flexibility index (Phi) is 5.74. The van der Waals surface area contributed by atoms with E-state index >= 15 is 0 Å². The quantitative estimate of drug-likeness (QED) is 0.637. The Labute approximate surface area is 136 Å². The lowest BCUT2D eigenvalue weighted by Gasteiger charge is -2.10. The van der Waals surface area contributed by atoms with Gasteiger partial charge in [0.25, 0.3) is 5.91 Å². The van der Waals surface area contributed by atoms with Crippen LogP contribution in [0.25, 0.3) is 0 Å². The van der Waals surface area contributed by atoms with Crippen molar-refractivity contribution < 1.29 is 9.53 Å². The van der Waals surface area contributed by atoms with E-state index in [1.54, 1.807) is 7.11 Å². The van der Waals surface area contributed by atoms with E-state index in [4.69, 9.17) is 4.74 Å². The van der Waals surface area contributed by atoms with Crippen molar-refractivity contribution in [1.82, 2.24) is 5.43 Å². The van der Waals surface area contributed by atoms with E-state index in [-0.39, 0.29) is 12.5 Å². The topological polar surface area (TPSA) is 62.7 Å². The number of amides is 1. The van der Waals surface area contributed by atoms with Crippen LogP contribution in [-0.2, 0) is 4.79 Å². The van der Waals surface area contributed by atoms with Gasteiger partial charge in [-0.05, 0) is 31.5 Å². The number of benzene rings is 2. The summed E-state index contributed by atoms with van der Waals surface area (Å²) in [5.41, 5.74) is 6.24. The maximum Gasteiger partial charge on any atom is 0.259 e. The second-order valence-corrected chi connectivity index (χ2v) is 5.15. The summed E-state index contributed by atoms with van der Waals surface area (Å²) in [7, 11) is 1.59. The van der Waals surface area contributed by atoms with Gasteiger partial charge in [-0.2, -0.15) is 5.10 Å². The first-order valence-corrected chi connectivity index (χ1v) is 7.37. The molecule has 0 radical (unpaired) electrons. The molecule has 0 saturated carbocycles. The third kappa shape index (κ3) is 4.85. The lowest BCUT2D eigenvalue weighted by atomic mass is 10.1. The number of hydrogen-bond acceptors (Lipinski definition) is 4. The standard InChI is InChI=1S/C18H21N3O2/c1-13-8-10-15(11-9-13)14(2)20-21-18(22)12-19-16-6-4-5-7-17(16)23-3/h4-11,19H,12H2,1-3H3,(H,21,22)/b20-14+. The third-order valence-corrected chi connectivity index (χ3v) is 3.36. The van der Waals surface area contributed by atoms with Crippen LogP contribution in [0.15, 0.2) is 53.6 Å². The summed E-state index contributed by atoms with van der Waals surface area (Å²) in [5.74, 6) is 0.474. The number of rotatable bonds is 6. The van der Waals surface area contributed by atoms with Gasteiger partial charge in [-0.3, -0.25) is 4.79 Å². The zero-order chi connectivity index (χ0) is 16.7. The molecule has 2 aromatic rings. The average molecular weight is 311 g/mol. The molecule has 0 aliphatic heterocycles. The number of methoxy groups -OCH3 is 1. The molecule has 0 aromatic heterocycles. The molecule has 1 amide bonds. The average Bonchev–Trinajstić information content (AvgIpc) is 2.58. The Morgan fingerprint density at radius 3 is 2.52 bits per heavy atom. The highest BCUT2D eigenvalue weighted by molar-refractivity contribution is 5.99. The van der Waals surface area contributed by atoms with Crippen LogP contribution in [0.1, 0.15) is 18.1 Å². The first-order valence-electron chi connectivity index (χ1n) is 7.37. The Morgan fingerprint density at radius 1 is 1.13 bits per heavy atom. The van der Waals surface area contributed by atoms with Crippen LogP contribution in [0.2, 0.25) is 0 Å². The molecule has 0 heterocycles. The zero-order valence-corrected chi connectivity index (χ0v) is 13.6. The Hall–Kier alpha value is -2.82. The van der Waals surface area contributed by atoms with E-state index in [2.05, 4.69) is 15.8 Å². The SMILES string of the molecule is COc1ccccc1NCC(=O)N/N=C(\C)c1ccc(C)cc1. The molecular weight excluding hydrogens is 290 g/mol. The number of ether oxygens (including phenoxy) is 1. The highest BCUT2D eigenvalue weighted by atomic mass is 16.5. The summed E-state index contributed by atoms with van der Waals surface area (Å²) in [5, 5.41) is 7.15. The van der Waals surface area contributed by atoms with E-state index in [1.807, 2.05) is 62.4 Å². The van der Waals surface area contributed by atoms with Crippen molar-refractivity contribution in [2.75, 3.05) is 19.0 Å². The molecule has 0 saturated heterocycles. The van der Waals surface area contributed by atoms with Gasteiger partial charge < -0.3 is 10.1 Å². The predicted octanol–water partition coefficient (Wildman–Crippen LogP) is 2.96. The smallest absolute Gasteiger partial charge is 0.259 e. The Balaban J connectivity index is 1.89. The van der Waals surface area contributed by atoms with Crippen molar-refractivity contribution >= 4 is 17.3 Å². The molecule has 5 nitrogen and oxygen atoms in total. The van der Waals surface area contributed by atoms with Gasteiger partial charge >= 0.3 is 0 Å². The molecule has 0 spiro atoms. The van der Waals surface area contributed by atoms with Crippen molar-refractivity contribution in [1.29, 1.82) is 0 Å². The zero-order valence-electron chi connectivity index (χ0n) is 13.6. The van der Waals surface area contributed by atoms with Crippen molar-refractivity contribution in [2.24, 2.45) is 5.10 Å². The van der Waals surface area contributed by atoms with Gasteiger partial charge in [-0.1, -0.05) is 42.0 Å². The highest BCUT2D eigenvalue weighted by Crippen LogP contribution is 2.22. The molecule has 2 N–H and O–H groups in total. The maximum absolute atomic E-state index is 11.9. The summed E-state index contributed by atoms with van der Waals surface area (Å²) in [6.07, 6.45) is 0.